The predicted molar refractivity (Wildman–Crippen MR) is 104 cm³/mol. The summed E-state index contributed by atoms with van der Waals surface area (Å²) in [7, 11) is 1.57. The number of nitrogens with zero attached hydrogens (tertiary/aromatic N) is 3. The summed E-state index contributed by atoms with van der Waals surface area (Å²) < 4.78 is 17.7. The van der Waals surface area contributed by atoms with Crippen LogP contribution in [0.1, 0.15) is 11.1 Å². The molecule has 0 amide bonds. The Labute approximate surface area is 164 Å². The Morgan fingerprint density at radius 2 is 1.71 bits per heavy atom. The lowest BCUT2D eigenvalue weighted by Crippen LogP contribution is -2.56. The van der Waals surface area contributed by atoms with Crippen molar-refractivity contribution >= 4 is 0 Å². The summed E-state index contributed by atoms with van der Waals surface area (Å²) in [6.45, 7) is 0.0790. The Morgan fingerprint density at radius 3 is 2.29 bits per heavy atom. The standard InChI is InChI=1S/C21H25N3O4/c1-26-21-17(12-15-8-4-2-5-9-15)20(19(23-24-22)18(13-25)28-21)27-14-16-10-6-3-7-11-16/h2-11,17-21,25H,12-14H2,1H3/t17-,18-,19+,20-,21+/m1/s1. The van der Waals surface area contributed by atoms with Crippen LogP contribution in [0.4, 0.5) is 0 Å². The Kier molecular flexibility index (Phi) is 7.42. The Balaban J connectivity index is 1.89. The Bertz CT molecular complexity index is 768. The molecular weight excluding hydrogens is 358 g/mol. The number of benzene rings is 2. The van der Waals surface area contributed by atoms with Crippen molar-refractivity contribution in [3.63, 3.8) is 0 Å². The monoisotopic (exact) mass is 383 g/mol. The van der Waals surface area contributed by atoms with Gasteiger partial charge in [-0.05, 0) is 23.1 Å². The van der Waals surface area contributed by atoms with Gasteiger partial charge < -0.3 is 19.3 Å². The van der Waals surface area contributed by atoms with Crippen molar-refractivity contribution in [1.82, 2.24) is 0 Å². The van der Waals surface area contributed by atoms with Crippen LogP contribution in [-0.4, -0.2) is 43.4 Å². The van der Waals surface area contributed by atoms with Gasteiger partial charge in [-0.25, -0.2) is 0 Å². The van der Waals surface area contributed by atoms with Crippen LogP contribution in [0.15, 0.2) is 65.8 Å². The molecule has 0 aliphatic carbocycles. The first-order valence-corrected chi connectivity index (χ1v) is 9.29. The van der Waals surface area contributed by atoms with E-state index in [-0.39, 0.29) is 12.5 Å². The van der Waals surface area contributed by atoms with E-state index in [2.05, 4.69) is 10.0 Å². The maximum Gasteiger partial charge on any atom is 0.163 e. The molecule has 5 atom stereocenters. The van der Waals surface area contributed by atoms with Gasteiger partial charge in [-0.15, -0.1) is 0 Å². The van der Waals surface area contributed by atoms with Gasteiger partial charge in [0.1, 0.15) is 0 Å². The maximum atomic E-state index is 9.76. The maximum absolute atomic E-state index is 9.76. The van der Waals surface area contributed by atoms with E-state index in [1.54, 1.807) is 7.11 Å². The molecule has 28 heavy (non-hydrogen) atoms. The average molecular weight is 383 g/mol. The van der Waals surface area contributed by atoms with Crippen LogP contribution in [0.25, 0.3) is 10.4 Å². The SMILES string of the molecule is CO[C@H]1O[C@H](CO)[C@H](N=[N+]=[N-])[C@H](OCc2ccccc2)[C@H]1Cc1ccccc1. The van der Waals surface area contributed by atoms with Crippen molar-refractivity contribution in [2.24, 2.45) is 11.0 Å². The molecule has 1 N–H and O–H groups in total. The topological polar surface area (TPSA) is 96.7 Å². The zero-order chi connectivity index (χ0) is 19.8. The summed E-state index contributed by atoms with van der Waals surface area (Å²) in [5, 5.41) is 13.7. The molecule has 3 rings (SSSR count). The minimum atomic E-state index is -0.686. The molecule has 148 valence electrons. The second-order valence-corrected chi connectivity index (χ2v) is 6.77. The molecule has 2 aromatic carbocycles. The van der Waals surface area contributed by atoms with E-state index in [1.165, 1.54) is 0 Å². The van der Waals surface area contributed by atoms with Crippen molar-refractivity contribution in [1.29, 1.82) is 0 Å². The van der Waals surface area contributed by atoms with E-state index in [0.29, 0.717) is 13.0 Å². The number of aliphatic hydroxyl groups excluding tert-OH is 1. The van der Waals surface area contributed by atoms with Gasteiger partial charge in [0.2, 0.25) is 0 Å². The molecule has 1 fully saturated rings. The van der Waals surface area contributed by atoms with E-state index in [0.717, 1.165) is 11.1 Å². The molecule has 7 heteroatoms. The normalized spacial score (nSPS) is 27.1. The fraction of sp³-hybridized carbons (Fsp3) is 0.429. The van der Waals surface area contributed by atoms with E-state index in [1.807, 2.05) is 60.7 Å². The third-order valence-electron chi connectivity index (χ3n) is 4.99. The third-order valence-corrected chi connectivity index (χ3v) is 4.99. The summed E-state index contributed by atoms with van der Waals surface area (Å²) in [6, 6.07) is 19.1. The molecule has 0 saturated carbocycles. The number of azide groups is 1. The van der Waals surface area contributed by atoms with E-state index >= 15 is 0 Å². The number of ether oxygens (including phenoxy) is 3. The Morgan fingerprint density at radius 1 is 1.07 bits per heavy atom. The molecule has 1 aliphatic heterocycles. The highest BCUT2D eigenvalue weighted by Gasteiger charge is 2.46. The van der Waals surface area contributed by atoms with Crippen molar-refractivity contribution in [2.45, 2.75) is 37.6 Å². The van der Waals surface area contributed by atoms with Gasteiger partial charge in [0.25, 0.3) is 0 Å². The van der Waals surface area contributed by atoms with Crippen molar-refractivity contribution in [3.8, 4) is 0 Å². The summed E-state index contributed by atoms with van der Waals surface area (Å²) in [5.74, 6) is -0.200. The van der Waals surface area contributed by atoms with Crippen LogP contribution >= 0.6 is 0 Å². The van der Waals surface area contributed by atoms with Gasteiger partial charge >= 0.3 is 0 Å². The predicted octanol–water partition coefficient (Wildman–Crippen LogP) is 3.47. The van der Waals surface area contributed by atoms with Crippen LogP contribution in [0.2, 0.25) is 0 Å². The molecule has 0 aromatic heterocycles. The zero-order valence-corrected chi connectivity index (χ0v) is 15.8. The van der Waals surface area contributed by atoms with Crippen LogP contribution in [0.3, 0.4) is 0 Å². The lowest BCUT2D eigenvalue weighted by Gasteiger charge is -2.44. The first-order valence-electron chi connectivity index (χ1n) is 9.29. The quantitative estimate of drug-likeness (QED) is 0.429. The molecule has 1 heterocycles. The number of methoxy groups -OCH3 is 1. The average Bonchev–Trinajstić information content (AvgIpc) is 2.75. The lowest BCUT2D eigenvalue weighted by atomic mass is 9.84. The van der Waals surface area contributed by atoms with Gasteiger partial charge in [-0.1, -0.05) is 65.8 Å². The Hall–Kier alpha value is -2.41. The molecule has 0 unspecified atom stereocenters. The molecule has 1 saturated heterocycles. The van der Waals surface area contributed by atoms with Crippen LogP contribution < -0.4 is 0 Å². The highest BCUT2D eigenvalue weighted by molar-refractivity contribution is 5.17. The first kappa shape index (κ1) is 20.3. The second-order valence-electron chi connectivity index (χ2n) is 6.77. The largest absolute Gasteiger partial charge is 0.394 e. The fourth-order valence-electron chi connectivity index (χ4n) is 3.64. The van der Waals surface area contributed by atoms with Crippen LogP contribution in [-0.2, 0) is 27.2 Å². The molecule has 0 bridgehead atoms. The summed E-state index contributed by atoms with van der Waals surface area (Å²) in [6.07, 6.45) is -1.10. The third kappa shape index (κ3) is 4.90. The number of hydrogen-bond acceptors (Lipinski definition) is 5. The highest BCUT2D eigenvalue weighted by Crippen LogP contribution is 2.34. The minimum Gasteiger partial charge on any atom is -0.394 e. The van der Waals surface area contributed by atoms with Crippen molar-refractivity contribution in [3.05, 3.63) is 82.2 Å². The van der Waals surface area contributed by atoms with Gasteiger partial charge in [0.05, 0.1) is 31.5 Å². The molecule has 0 spiro atoms. The van der Waals surface area contributed by atoms with Crippen LogP contribution in [0, 0.1) is 5.92 Å². The lowest BCUT2D eigenvalue weighted by molar-refractivity contribution is -0.258. The van der Waals surface area contributed by atoms with Crippen molar-refractivity contribution in [2.75, 3.05) is 13.7 Å². The smallest absolute Gasteiger partial charge is 0.163 e. The zero-order valence-electron chi connectivity index (χ0n) is 15.8. The molecular formula is C21H25N3O4. The molecule has 1 aliphatic rings. The van der Waals surface area contributed by atoms with Gasteiger partial charge in [0, 0.05) is 17.9 Å². The van der Waals surface area contributed by atoms with Gasteiger partial charge in [-0.2, -0.15) is 0 Å². The second kappa shape index (κ2) is 10.2. The summed E-state index contributed by atoms with van der Waals surface area (Å²) in [4.78, 5) is 2.97. The van der Waals surface area contributed by atoms with Gasteiger partial charge in [0.15, 0.2) is 6.29 Å². The van der Waals surface area contributed by atoms with E-state index in [4.69, 9.17) is 19.7 Å². The number of rotatable bonds is 8. The van der Waals surface area contributed by atoms with Crippen molar-refractivity contribution < 1.29 is 19.3 Å². The fourth-order valence-corrected chi connectivity index (χ4v) is 3.64. The molecule has 7 nitrogen and oxygen atoms in total. The first-order chi connectivity index (χ1) is 13.8. The summed E-state index contributed by atoms with van der Waals surface area (Å²) >= 11 is 0. The van der Waals surface area contributed by atoms with Gasteiger partial charge in [-0.3, -0.25) is 0 Å². The van der Waals surface area contributed by atoms with E-state index < -0.39 is 24.5 Å². The highest BCUT2D eigenvalue weighted by atomic mass is 16.7. The van der Waals surface area contributed by atoms with E-state index in [9.17, 15) is 5.11 Å². The number of aliphatic hydroxyl groups is 1. The minimum absolute atomic E-state index is 0.200. The molecule has 2 aromatic rings. The number of hydrogen-bond donors (Lipinski definition) is 1. The van der Waals surface area contributed by atoms with Crippen LogP contribution in [0.5, 0.6) is 0 Å². The summed E-state index contributed by atoms with van der Waals surface area (Å²) in [5.41, 5.74) is 11.2. The molecule has 0 radical (unpaired) electrons.